The smallest absolute Gasteiger partial charge is 0.327 e. The number of hydrogen-bond donors (Lipinski definition) is 1. The Bertz CT molecular complexity index is 576. The summed E-state index contributed by atoms with van der Waals surface area (Å²) in [5.41, 5.74) is 1.10. The van der Waals surface area contributed by atoms with Crippen LogP contribution in [0.4, 0.5) is 4.79 Å². The number of carbonyl (C=O) groups excluding carboxylic acids is 2. The van der Waals surface area contributed by atoms with Crippen LogP contribution >= 0.6 is 11.6 Å². The van der Waals surface area contributed by atoms with Crippen LogP contribution in [-0.4, -0.2) is 27.9 Å². The van der Waals surface area contributed by atoms with Gasteiger partial charge in [-0.25, -0.2) is 14.3 Å². The maximum absolute atomic E-state index is 11.6. The van der Waals surface area contributed by atoms with Gasteiger partial charge in [-0.05, 0) is 23.7 Å². The van der Waals surface area contributed by atoms with Crippen LogP contribution in [0.5, 0.6) is 0 Å². The summed E-state index contributed by atoms with van der Waals surface area (Å²) in [5, 5.41) is 1.66. The highest BCUT2D eigenvalue weighted by Crippen LogP contribution is 2.16. The molecule has 0 radical (unpaired) electrons. The van der Waals surface area contributed by atoms with Gasteiger partial charge in [-0.1, -0.05) is 12.1 Å². The summed E-state index contributed by atoms with van der Waals surface area (Å²) < 4.78 is 1.16. The highest BCUT2D eigenvalue weighted by atomic mass is 35.5. The van der Waals surface area contributed by atoms with E-state index in [1.54, 1.807) is 24.3 Å². The molecule has 82 valence electrons. The quantitative estimate of drug-likeness (QED) is 0.767. The number of benzene rings is 1. The minimum Gasteiger partial charge on any atom is -0.340 e. The normalized spacial score (nSPS) is 10.4. The summed E-state index contributed by atoms with van der Waals surface area (Å²) in [6.07, 6.45) is 0. The van der Waals surface area contributed by atoms with Crippen LogP contribution in [0.1, 0.15) is 10.6 Å². The minimum absolute atomic E-state index is 0.0813. The van der Waals surface area contributed by atoms with Gasteiger partial charge in [0.1, 0.15) is 0 Å². The molecule has 1 amide bonds. The molecule has 1 heterocycles. The lowest BCUT2D eigenvalue weighted by molar-refractivity contribution is 0.107. The second kappa shape index (κ2) is 3.94. The molecule has 0 saturated carbocycles. The lowest BCUT2D eigenvalue weighted by Crippen LogP contribution is -2.26. The second-order valence-electron chi connectivity index (χ2n) is 3.09. The van der Waals surface area contributed by atoms with E-state index in [-0.39, 0.29) is 5.82 Å². The molecule has 6 heteroatoms. The van der Waals surface area contributed by atoms with Gasteiger partial charge in [0.15, 0.2) is 0 Å². The molecule has 1 aromatic carbocycles. The first-order valence-electron chi connectivity index (χ1n) is 4.54. The van der Waals surface area contributed by atoms with Gasteiger partial charge in [0.2, 0.25) is 5.82 Å². The van der Waals surface area contributed by atoms with Crippen LogP contribution < -0.4 is 5.32 Å². The molecular weight excluding hydrogens is 230 g/mol. The number of carbonyl (C=O) groups is 2. The Morgan fingerprint density at radius 2 is 2.06 bits per heavy atom. The molecule has 2 aromatic rings. The predicted molar refractivity (Wildman–Crippen MR) is 59.8 cm³/mol. The number of imidazole rings is 1. The predicted octanol–water partition coefficient (Wildman–Crippen LogP) is 1.60. The van der Waals surface area contributed by atoms with E-state index in [0.29, 0.717) is 11.0 Å². The van der Waals surface area contributed by atoms with Gasteiger partial charge in [0.05, 0.1) is 11.0 Å². The fourth-order valence-electron chi connectivity index (χ4n) is 1.48. The highest BCUT2D eigenvalue weighted by Gasteiger charge is 2.19. The second-order valence-corrected chi connectivity index (χ2v) is 3.43. The van der Waals surface area contributed by atoms with Crippen LogP contribution in [-0.2, 0) is 0 Å². The molecule has 0 unspecified atom stereocenters. The van der Waals surface area contributed by atoms with Crippen molar-refractivity contribution < 1.29 is 9.59 Å². The van der Waals surface area contributed by atoms with Crippen molar-refractivity contribution in [2.75, 3.05) is 7.05 Å². The van der Waals surface area contributed by atoms with E-state index in [1.165, 1.54) is 7.05 Å². The molecule has 1 aromatic heterocycles. The van der Waals surface area contributed by atoms with Crippen molar-refractivity contribution in [1.29, 1.82) is 0 Å². The van der Waals surface area contributed by atoms with Gasteiger partial charge in [-0.2, -0.15) is 0 Å². The lowest BCUT2D eigenvalue weighted by Gasteiger charge is -2.03. The van der Waals surface area contributed by atoms with Crippen molar-refractivity contribution in [1.82, 2.24) is 14.9 Å². The van der Waals surface area contributed by atoms with Gasteiger partial charge in [-0.15, -0.1) is 0 Å². The van der Waals surface area contributed by atoms with Gasteiger partial charge < -0.3 is 5.32 Å². The summed E-state index contributed by atoms with van der Waals surface area (Å²) in [4.78, 5) is 26.8. The first-order chi connectivity index (χ1) is 7.65. The molecule has 0 fully saturated rings. The number of aromatic nitrogens is 2. The van der Waals surface area contributed by atoms with E-state index in [1.807, 2.05) is 0 Å². The monoisotopic (exact) mass is 237 g/mol. The van der Waals surface area contributed by atoms with Gasteiger partial charge in [-0.3, -0.25) is 4.79 Å². The summed E-state index contributed by atoms with van der Waals surface area (Å²) in [5.74, 6) is -0.0813. The molecule has 1 N–H and O–H groups in total. The van der Waals surface area contributed by atoms with Crippen molar-refractivity contribution in [2.24, 2.45) is 0 Å². The number of halogens is 1. The van der Waals surface area contributed by atoms with Crippen LogP contribution in [0.3, 0.4) is 0 Å². The third kappa shape index (κ3) is 1.55. The summed E-state index contributed by atoms with van der Waals surface area (Å²) >= 11 is 5.38. The number of fused-ring (bicyclic) bond motifs is 1. The molecule has 0 aliphatic carbocycles. The van der Waals surface area contributed by atoms with E-state index < -0.39 is 11.3 Å². The van der Waals surface area contributed by atoms with Crippen molar-refractivity contribution in [3.63, 3.8) is 0 Å². The van der Waals surface area contributed by atoms with E-state index >= 15 is 0 Å². The van der Waals surface area contributed by atoms with Crippen LogP contribution in [0.25, 0.3) is 11.0 Å². The van der Waals surface area contributed by atoms with Crippen LogP contribution in [0.15, 0.2) is 24.3 Å². The SMILES string of the molecule is CNC(=O)n1c(C(=O)Cl)nc2ccccc21. The topological polar surface area (TPSA) is 64.0 Å². The summed E-state index contributed by atoms with van der Waals surface area (Å²) in [6, 6.07) is 6.48. The Hall–Kier alpha value is -1.88. The summed E-state index contributed by atoms with van der Waals surface area (Å²) in [7, 11) is 1.47. The Labute approximate surface area is 96.0 Å². The molecule has 5 nitrogen and oxygen atoms in total. The third-order valence-corrected chi connectivity index (χ3v) is 2.32. The number of para-hydroxylation sites is 2. The van der Waals surface area contributed by atoms with Gasteiger partial charge in [0, 0.05) is 7.05 Å². The average Bonchev–Trinajstić information content (AvgIpc) is 2.67. The number of nitrogens with one attached hydrogen (secondary N) is 1. The zero-order chi connectivity index (χ0) is 11.7. The summed E-state index contributed by atoms with van der Waals surface area (Å²) in [6.45, 7) is 0. The van der Waals surface area contributed by atoms with E-state index in [2.05, 4.69) is 10.3 Å². The van der Waals surface area contributed by atoms with E-state index in [4.69, 9.17) is 11.6 Å². The highest BCUT2D eigenvalue weighted by molar-refractivity contribution is 6.67. The Morgan fingerprint density at radius 3 is 2.69 bits per heavy atom. The molecule has 0 atom stereocenters. The Balaban J connectivity index is 2.79. The molecule has 0 spiro atoms. The molecule has 0 saturated heterocycles. The molecule has 16 heavy (non-hydrogen) atoms. The first-order valence-corrected chi connectivity index (χ1v) is 4.92. The molecule has 0 aliphatic heterocycles. The Kier molecular flexibility index (Phi) is 2.62. The van der Waals surface area contributed by atoms with Crippen molar-refractivity contribution >= 4 is 33.9 Å². The maximum atomic E-state index is 11.6. The number of hydrogen-bond acceptors (Lipinski definition) is 3. The number of nitrogens with zero attached hydrogens (tertiary/aromatic N) is 2. The molecular formula is C10H8ClN3O2. The molecule has 2 rings (SSSR count). The number of amides is 1. The largest absolute Gasteiger partial charge is 0.340 e. The fourth-order valence-corrected chi connectivity index (χ4v) is 1.60. The van der Waals surface area contributed by atoms with Crippen molar-refractivity contribution in [3.05, 3.63) is 30.1 Å². The van der Waals surface area contributed by atoms with E-state index in [0.717, 1.165) is 4.57 Å². The fraction of sp³-hybridized carbons (Fsp3) is 0.100. The van der Waals surface area contributed by atoms with Gasteiger partial charge in [0.25, 0.3) is 5.24 Å². The van der Waals surface area contributed by atoms with Crippen LogP contribution in [0.2, 0.25) is 0 Å². The minimum atomic E-state index is -0.764. The van der Waals surface area contributed by atoms with Crippen molar-refractivity contribution in [3.8, 4) is 0 Å². The Morgan fingerprint density at radius 1 is 1.38 bits per heavy atom. The lowest BCUT2D eigenvalue weighted by atomic mass is 10.3. The van der Waals surface area contributed by atoms with Crippen LogP contribution in [0, 0.1) is 0 Å². The maximum Gasteiger partial charge on any atom is 0.327 e. The zero-order valence-corrected chi connectivity index (χ0v) is 9.15. The van der Waals surface area contributed by atoms with Gasteiger partial charge >= 0.3 is 6.03 Å². The van der Waals surface area contributed by atoms with E-state index in [9.17, 15) is 9.59 Å². The molecule has 0 aliphatic rings. The standard InChI is InChI=1S/C10H8ClN3O2/c1-12-10(16)14-7-5-3-2-4-6(7)13-9(14)8(11)15/h2-5H,1H3,(H,12,16). The zero-order valence-electron chi connectivity index (χ0n) is 8.40. The van der Waals surface area contributed by atoms with Crippen molar-refractivity contribution in [2.45, 2.75) is 0 Å². The number of rotatable bonds is 1. The first kappa shape index (κ1) is 10.6. The average molecular weight is 238 g/mol. The third-order valence-electron chi connectivity index (χ3n) is 2.15. The molecule has 0 bridgehead atoms.